The lowest BCUT2D eigenvalue weighted by atomic mass is 10.1. The van der Waals surface area contributed by atoms with Gasteiger partial charge in [-0.15, -0.1) is 0 Å². The number of ether oxygens (including phenoxy) is 1. The van der Waals surface area contributed by atoms with E-state index in [9.17, 15) is 4.39 Å². The van der Waals surface area contributed by atoms with Gasteiger partial charge >= 0.3 is 0 Å². The molecule has 0 bridgehead atoms. The number of pyridine rings is 1. The van der Waals surface area contributed by atoms with Gasteiger partial charge in [-0.3, -0.25) is 4.98 Å². The van der Waals surface area contributed by atoms with Gasteiger partial charge in [-0.05, 0) is 30.5 Å². The van der Waals surface area contributed by atoms with Gasteiger partial charge in [-0.2, -0.15) is 0 Å². The molecular weight excluding hydrogens is 195 g/mol. The highest BCUT2D eigenvalue weighted by Crippen LogP contribution is 2.24. The highest BCUT2D eigenvalue weighted by atomic mass is 19.1. The maximum atomic E-state index is 13.4. The second-order valence-electron chi connectivity index (χ2n) is 3.13. The van der Waals surface area contributed by atoms with Gasteiger partial charge in [0, 0.05) is 0 Å². The summed E-state index contributed by atoms with van der Waals surface area (Å²) < 4.78 is 18.4. The van der Waals surface area contributed by atoms with E-state index in [1.54, 1.807) is 37.7 Å². The molecule has 2 rings (SSSR count). The van der Waals surface area contributed by atoms with Crippen molar-refractivity contribution in [1.29, 1.82) is 0 Å². The SMILES string of the molecule is COc1ccc(C2NC=CC=C2F)nc1. The predicted molar refractivity (Wildman–Crippen MR) is 55.0 cm³/mol. The third kappa shape index (κ3) is 1.98. The molecule has 0 saturated heterocycles. The zero-order chi connectivity index (χ0) is 10.7. The molecule has 0 fully saturated rings. The van der Waals surface area contributed by atoms with Crippen molar-refractivity contribution in [1.82, 2.24) is 10.3 Å². The van der Waals surface area contributed by atoms with E-state index in [-0.39, 0.29) is 5.83 Å². The number of halogens is 1. The third-order valence-corrected chi connectivity index (χ3v) is 2.18. The van der Waals surface area contributed by atoms with Gasteiger partial charge in [0.05, 0.1) is 19.0 Å². The Labute approximate surface area is 87.3 Å². The number of dihydropyridines is 1. The molecule has 0 radical (unpaired) electrons. The highest BCUT2D eigenvalue weighted by molar-refractivity contribution is 5.28. The molecule has 1 aliphatic rings. The minimum Gasteiger partial charge on any atom is -0.495 e. The fourth-order valence-corrected chi connectivity index (χ4v) is 1.38. The van der Waals surface area contributed by atoms with E-state index in [1.807, 2.05) is 0 Å². The Morgan fingerprint density at radius 3 is 2.93 bits per heavy atom. The Kier molecular flexibility index (Phi) is 2.67. The molecule has 1 atom stereocenters. The normalized spacial score (nSPS) is 19.3. The summed E-state index contributed by atoms with van der Waals surface area (Å²) in [5.74, 6) is 0.421. The van der Waals surface area contributed by atoms with E-state index >= 15 is 0 Å². The number of nitrogens with zero attached hydrogens (tertiary/aromatic N) is 1. The van der Waals surface area contributed by atoms with Crippen LogP contribution in [0.25, 0.3) is 0 Å². The molecule has 2 heterocycles. The summed E-state index contributed by atoms with van der Waals surface area (Å²) >= 11 is 0. The quantitative estimate of drug-likeness (QED) is 0.804. The van der Waals surface area contributed by atoms with E-state index in [1.165, 1.54) is 6.08 Å². The second-order valence-corrected chi connectivity index (χ2v) is 3.13. The van der Waals surface area contributed by atoms with Crippen molar-refractivity contribution in [3.8, 4) is 5.75 Å². The molecule has 3 nitrogen and oxygen atoms in total. The molecule has 1 N–H and O–H groups in total. The third-order valence-electron chi connectivity index (χ3n) is 2.18. The average Bonchev–Trinajstić information content (AvgIpc) is 2.30. The lowest BCUT2D eigenvalue weighted by Gasteiger charge is -2.17. The summed E-state index contributed by atoms with van der Waals surface area (Å²) in [7, 11) is 1.57. The molecule has 0 saturated carbocycles. The van der Waals surface area contributed by atoms with Crippen LogP contribution in [0.5, 0.6) is 5.75 Å². The topological polar surface area (TPSA) is 34.1 Å². The zero-order valence-electron chi connectivity index (χ0n) is 8.27. The van der Waals surface area contributed by atoms with Crippen LogP contribution in [0.15, 0.2) is 42.5 Å². The molecule has 1 aromatic rings. The molecule has 4 heteroatoms. The van der Waals surface area contributed by atoms with E-state index < -0.39 is 6.04 Å². The van der Waals surface area contributed by atoms with Gasteiger partial charge in [0.2, 0.25) is 0 Å². The average molecular weight is 206 g/mol. The van der Waals surface area contributed by atoms with Gasteiger partial charge in [0.1, 0.15) is 17.6 Å². The number of hydrogen-bond donors (Lipinski definition) is 1. The molecule has 0 aromatic carbocycles. The van der Waals surface area contributed by atoms with E-state index in [0.29, 0.717) is 11.4 Å². The highest BCUT2D eigenvalue weighted by Gasteiger charge is 2.17. The summed E-state index contributed by atoms with van der Waals surface area (Å²) in [6.07, 6.45) is 6.31. The molecule has 1 unspecified atom stereocenters. The lowest BCUT2D eigenvalue weighted by Crippen LogP contribution is -2.19. The molecular formula is C11H11FN2O. The summed E-state index contributed by atoms with van der Waals surface area (Å²) in [5, 5.41) is 2.90. The number of rotatable bonds is 2. The van der Waals surface area contributed by atoms with Crippen molar-refractivity contribution in [2.24, 2.45) is 0 Å². The minimum absolute atomic E-state index is 0.241. The Hall–Kier alpha value is -1.84. The van der Waals surface area contributed by atoms with Crippen LogP contribution in [0.1, 0.15) is 11.7 Å². The smallest absolute Gasteiger partial charge is 0.137 e. The van der Waals surface area contributed by atoms with Crippen LogP contribution >= 0.6 is 0 Å². The van der Waals surface area contributed by atoms with Crippen molar-refractivity contribution in [2.45, 2.75) is 6.04 Å². The van der Waals surface area contributed by atoms with Crippen LogP contribution in [-0.2, 0) is 0 Å². The fourth-order valence-electron chi connectivity index (χ4n) is 1.38. The monoisotopic (exact) mass is 206 g/mol. The van der Waals surface area contributed by atoms with Gasteiger partial charge in [0.25, 0.3) is 0 Å². The summed E-state index contributed by atoms with van der Waals surface area (Å²) in [6.45, 7) is 0. The van der Waals surface area contributed by atoms with Crippen LogP contribution in [0.2, 0.25) is 0 Å². The second kappa shape index (κ2) is 4.13. The molecule has 1 aliphatic heterocycles. The van der Waals surface area contributed by atoms with Crippen molar-refractivity contribution in [2.75, 3.05) is 7.11 Å². The van der Waals surface area contributed by atoms with Crippen LogP contribution in [0.3, 0.4) is 0 Å². The van der Waals surface area contributed by atoms with Crippen LogP contribution in [0.4, 0.5) is 4.39 Å². The summed E-state index contributed by atoms with van der Waals surface area (Å²) in [5.41, 5.74) is 0.633. The number of nitrogens with one attached hydrogen (secondary N) is 1. The van der Waals surface area contributed by atoms with Crippen molar-refractivity contribution < 1.29 is 9.13 Å². The van der Waals surface area contributed by atoms with Crippen LogP contribution < -0.4 is 10.1 Å². The Balaban J connectivity index is 2.23. The first-order chi connectivity index (χ1) is 7.31. The molecule has 0 spiro atoms. The first-order valence-corrected chi connectivity index (χ1v) is 4.59. The van der Waals surface area contributed by atoms with Crippen molar-refractivity contribution >= 4 is 0 Å². The first kappa shape index (κ1) is 9.71. The Morgan fingerprint density at radius 1 is 1.47 bits per heavy atom. The number of hydrogen-bond acceptors (Lipinski definition) is 3. The molecule has 0 amide bonds. The van der Waals surface area contributed by atoms with Crippen LogP contribution in [-0.4, -0.2) is 12.1 Å². The number of methoxy groups -OCH3 is 1. The van der Waals surface area contributed by atoms with E-state index in [4.69, 9.17) is 4.74 Å². The first-order valence-electron chi connectivity index (χ1n) is 4.59. The molecule has 15 heavy (non-hydrogen) atoms. The summed E-state index contributed by atoms with van der Waals surface area (Å²) in [6, 6.07) is 3.01. The number of aromatic nitrogens is 1. The molecule has 0 aliphatic carbocycles. The van der Waals surface area contributed by atoms with Gasteiger partial charge in [0.15, 0.2) is 0 Å². The van der Waals surface area contributed by atoms with E-state index in [2.05, 4.69) is 10.3 Å². The lowest BCUT2D eigenvalue weighted by molar-refractivity contribution is 0.411. The van der Waals surface area contributed by atoms with Crippen molar-refractivity contribution in [3.63, 3.8) is 0 Å². The minimum atomic E-state index is -0.485. The van der Waals surface area contributed by atoms with Gasteiger partial charge < -0.3 is 10.1 Å². The largest absolute Gasteiger partial charge is 0.495 e. The number of allylic oxidation sites excluding steroid dienone is 2. The maximum absolute atomic E-state index is 13.4. The molecule has 1 aromatic heterocycles. The zero-order valence-corrected chi connectivity index (χ0v) is 8.27. The van der Waals surface area contributed by atoms with Gasteiger partial charge in [-0.1, -0.05) is 0 Å². The molecule has 78 valence electrons. The Bertz CT molecular complexity index is 398. The van der Waals surface area contributed by atoms with Crippen molar-refractivity contribution in [3.05, 3.63) is 48.2 Å². The predicted octanol–water partition coefficient (Wildman–Crippen LogP) is 2.10. The van der Waals surface area contributed by atoms with Gasteiger partial charge in [-0.25, -0.2) is 4.39 Å². The standard InChI is InChI=1S/C11H11FN2O/c1-15-8-4-5-10(14-7-8)11-9(12)3-2-6-13-11/h2-7,11,13H,1H3. The Morgan fingerprint density at radius 2 is 2.33 bits per heavy atom. The van der Waals surface area contributed by atoms with E-state index in [0.717, 1.165) is 0 Å². The summed E-state index contributed by atoms with van der Waals surface area (Å²) in [4.78, 5) is 4.12. The fraction of sp³-hybridized carbons (Fsp3) is 0.182. The van der Waals surface area contributed by atoms with Crippen LogP contribution in [0, 0.1) is 0 Å². The maximum Gasteiger partial charge on any atom is 0.137 e.